The molecule has 48 valence electrons. The third-order valence-corrected chi connectivity index (χ3v) is 1.10. The van der Waals surface area contributed by atoms with Gasteiger partial charge < -0.3 is 0 Å². The summed E-state index contributed by atoms with van der Waals surface area (Å²) in [7, 11) is 0. The molecule has 1 rings (SSSR count). The van der Waals surface area contributed by atoms with E-state index in [9.17, 15) is 0 Å². The number of nitriles is 2. The van der Waals surface area contributed by atoms with Crippen LogP contribution in [0.1, 0.15) is 0 Å². The van der Waals surface area contributed by atoms with E-state index in [1.54, 1.807) is 12.1 Å². The fourth-order valence-electron chi connectivity index (χ4n) is 0.528. The second-order valence-corrected chi connectivity index (χ2v) is 1.88. The van der Waals surface area contributed by atoms with Crippen LogP contribution >= 0.6 is 11.6 Å². The number of nitrogens with zero attached hydrogens (tertiary/aromatic N) is 4. The molecule has 0 saturated heterocycles. The van der Waals surface area contributed by atoms with Gasteiger partial charge in [-0.25, -0.2) is 9.98 Å². The minimum absolute atomic E-state index is 0. The Hall–Kier alpha value is 0.246. The zero-order chi connectivity index (χ0) is 7.56. The van der Waals surface area contributed by atoms with E-state index in [-0.39, 0.29) is 62.8 Å². The number of hydrogen-bond acceptors (Lipinski definition) is 4. The maximum atomic E-state index is 8.31. The molecule has 0 spiro atoms. The SMILES string of the molecule is N#CC1=NC(Cl)N=C1C#N.[K+]. The maximum absolute atomic E-state index is 8.31. The van der Waals surface area contributed by atoms with Gasteiger partial charge in [-0.05, 0) is 0 Å². The summed E-state index contributed by atoms with van der Waals surface area (Å²) in [6, 6.07) is 3.42. The number of alkyl halides is 1. The molecule has 0 aromatic rings. The summed E-state index contributed by atoms with van der Waals surface area (Å²) in [6.45, 7) is 0. The number of rotatable bonds is 0. The Bertz CT molecular complexity index is 265. The van der Waals surface area contributed by atoms with Crippen LogP contribution in [0.2, 0.25) is 0 Å². The molecule has 11 heavy (non-hydrogen) atoms. The summed E-state index contributed by atoms with van der Waals surface area (Å²) in [5.74, 6) is 0. The molecule has 1 aliphatic rings. The van der Waals surface area contributed by atoms with Crippen molar-refractivity contribution in [2.24, 2.45) is 9.98 Å². The molecule has 0 aromatic heterocycles. The van der Waals surface area contributed by atoms with Gasteiger partial charge in [0, 0.05) is 0 Å². The van der Waals surface area contributed by atoms with Gasteiger partial charge in [0.15, 0.2) is 11.4 Å². The van der Waals surface area contributed by atoms with Crippen molar-refractivity contribution in [3.8, 4) is 12.1 Å². The van der Waals surface area contributed by atoms with Crippen molar-refractivity contribution in [3.05, 3.63) is 0 Å². The zero-order valence-corrected chi connectivity index (χ0v) is 9.62. The monoisotopic (exact) mass is 191 g/mol. The average Bonchev–Trinajstić information content (AvgIpc) is 2.30. The van der Waals surface area contributed by atoms with Crippen molar-refractivity contribution >= 4 is 23.0 Å². The van der Waals surface area contributed by atoms with E-state index in [4.69, 9.17) is 22.1 Å². The van der Waals surface area contributed by atoms with E-state index in [0.29, 0.717) is 0 Å². The Morgan fingerprint density at radius 1 is 1.18 bits per heavy atom. The molecular weight excluding hydrogens is 191 g/mol. The third-order valence-electron chi connectivity index (χ3n) is 0.907. The Kier molecular flexibility index (Phi) is 5.10. The molecule has 0 aromatic carbocycles. The predicted molar refractivity (Wildman–Crippen MR) is 35.7 cm³/mol. The molecule has 0 radical (unpaired) electrons. The summed E-state index contributed by atoms with van der Waals surface area (Å²) < 4.78 is 0. The van der Waals surface area contributed by atoms with Gasteiger partial charge in [0.2, 0.25) is 5.62 Å². The average molecular weight is 192 g/mol. The van der Waals surface area contributed by atoms with Gasteiger partial charge in [0.05, 0.1) is 0 Å². The largest absolute Gasteiger partial charge is 1.00 e. The smallest absolute Gasteiger partial charge is 0.229 e. The first-order valence-corrected chi connectivity index (χ1v) is 2.82. The van der Waals surface area contributed by atoms with Gasteiger partial charge in [-0.1, -0.05) is 11.6 Å². The molecule has 0 fully saturated rings. The van der Waals surface area contributed by atoms with Crippen LogP contribution in [0.5, 0.6) is 0 Å². The first kappa shape index (κ1) is 11.2. The van der Waals surface area contributed by atoms with Gasteiger partial charge in [-0.3, -0.25) is 0 Å². The van der Waals surface area contributed by atoms with Gasteiger partial charge in [-0.15, -0.1) is 0 Å². The fraction of sp³-hybridized carbons (Fsp3) is 0.200. The molecule has 0 N–H and O–H groups in total. The van der Waals surface area contributed by atoms with Crippen molar-refractivity contribution in [1.82, 2.24) is 0 Å². The van der Waals surface area contributed by atoms with Gasteiger partial charge in [0.1, 0.15) is 12.1 Å². The first-order valence-electron chi connectivity index (χ1n) is 2.38. The summed E-state index contributed by atoms with van der Waals surface area (Å²) in [5.41, 5.74) is -0.755. The van der Waals surface area contributed by atoms with Crippen LogP contribution in [0.4, 0.5) is 0 Å². The van der Waals surface area contributed by atoms with Crippen molar-refractivity contribution < 1.29 is 51.4 Å². The van der Waals surface area contributed by atoms with Crippen LogP contribution in [0.25, 0.3) is 0 Å². The minimum Gasteiger partial charge on any atom is -0.229 e. The molecule has 6 heteroatoms. The van der Waals surface area contributed by atoms with Gasteiger partial charge >= 0.3 is 51.4 Å². The normalized spacial score (nSPS) is 15.5. The van der Waals surface area contributed by atoms with Crippen molar-refractivity contribution in [2.45, 2.75) is 5.62 Å². The van der Waals surface area contributed by atoms with E-state index in [1.807, 2.05) is 0 Å². The molecule has 4 nitrogen and oxygen atoms in total. The number of aliphatic imine (C=N–C) groups is 2. The molecule has 0 saturated carbocycles. The molecule has 1 aliphatic heterocycles. The van der Waals surface area contributed by atoms with Gasteiger partial charge in [-0.2, -0.15) is 10.5 Å². The van der Waals surface area contributed by atoms with Crippen molar-refractivity contribution in [3.63, 3.8) is 0 Å². The van der Waals surface area contributed by atoms with Crippen LogP contribution in [-0.4, -0.2) is 17.0 Å². The molecule has 0 amide bonds. The van der Waals surface area contributed by atoms with Gasteiger partial charge in [0.25, 0.3) is 0 Å². The number of halogens is 1. The molecule has 0 bridgehead atoms. The van der Waals surface area contributed by atoms with E-state index >= 15 is 0 Å². The molecule has 0 unspecified atom stereocenters. The summed E-state index contributed by atoms with van der Waals surface area (Å²) in [6.07, 6.45) is 0. The second-order valence-electron chi connectivity index (χ2n) is 1.49. The molecule has 0 atom stereocenters. The summed E-state index contributed by atoms with van der Waals surface area (Å²) in [5, 5.41) is 16.6. The Morgan fingerprint density at radius 3 is 1.82 bits per heavy atom. The van der Waals surface area contributed by atoms with Crippen LogP contribution in [0.3, 0.4) is 0 Å². The van der Waals surface area contributed by atoms with E-state index < -0.39 is 5.62 Å². The topological polar surface area (TPSA) is 72.3 Å². The standard InChI is InChI=1S/C5HClN4.K/c6-5-9-3(1-7)4(2-8)10-5;/h5H;/q;+1. The Labute approximate surface area is 111 Å². The molecule has 0 aliphatic carbocycles. The van der Waals surface area contributed by atoms with E-state index in [2.05, 4.69) is 9.98 Å². The summed E-state index contributed by atoms with van der Waals surface area (Å²) in [4.78, 5) is 7.11. The maximum Gasteiger partial charge on any atom is 1.00 e. The van der Waals surface area contributed by atoms with E-state index in [0.717, 1.165) is 0 Å². The third kappa shape index (κ3) is 2.64. The zero-order valence-electron chi connectivity index (χ0n) is 5.74. The molecular formula is C5HClKN4+. The van der Waals surface area contributed by atoms with Crippen LogP contribution in [-0.2, 0) is 0 Å². The van der Waals surface area contributed by atoms with Crippen LogP contribution < -0.4 is 51.4 Å². The summed E-state index contributed by atoms with van der Waals surface area (Å²) >= 11 is 5.38. The predicted octanol–water partition coefficient (Wildman–Crippen LogP) is -2.54. The van der Waals surface area contributed by atoms with Crippen molar-refractivity contribution in [2.75, 3.05) is 0 Å². The first-order chi connectivity index (χ1) is 4.77. The Balaban J connectivity index is 0.000001000. The van der Waals surface area contributed by atoms with Crippen molar-refractivity contribution in [1.29, 1.82) is 10.5 Å². The van der Waals surface area contributed by atoms with E-state index in [1.165, 1.54) is 0 Å². The quantitative estimate of drug-likeness (QED) is 0.240. The van der Waals surface area contributed by atoms with Crippen LogP contribution in [0, 0.1) is 22.7 Å². The fourth-order valence-corrected chi connectivity index (χ4v) is 0.723. The second kappa shape index (κ2) is 4.99. The number of hydrogen-bond donors (Lipinski definition) is 0. The Morgan fingerprint density at radius 2 is 1.55 bits per heavy atom. The molecule has 1 heterocycles. The minimum atomic E-state index is -0.788. The van der Waals surface area contributed by atoms with Crippen LogP contribution in [0.15, 0.2) is 9.98 Å².